The topological polar surface area (TPSA) is 89.3 Å². The fourth-order valence-corrected chi connectivity index (χ4v) is 4.11. The van der Waals surface area contributed by atoms with Crippen molar-refractivity contribution in [2.45, 2.75) is 9.79 Å². The molecular weight excluding hydrogens is 352 g/mol. The number of hydrogen-bond donors (Lipinski definition) is 1. The Bertz CT molecular complexity index is 1170. The van der Waals surface area contributed by atoms with Crippen molar-refractivity contribution in [1.82, 2.24) is 19.6 Å². The number of methoxy groups -OCH3 is 1. The predicted octanol–water partition coefficient (Wildman–Crippen LogP) is 2.26. The molecule has 2 heterocycles. The maximum absolute atomic E-state index is 13.3. The van der Waals surface area contributed by atoms with Crippen molar-refractivity contribution in [1.29, 1.82) is 0 Å². The minimum atomic E-state index is -1.48. The number of H-pyrrole nitrogens is 1. The van der Waals surface area contributed by atoms with E-state index in [1.165, 1.54) is 24.1 Å². The quantitative estimate of drug-likeness (QED) is 0.598. The van der Waals surface area contributed by atoms with E-state index in [0.717, 1.165) is 0 Å². The van der Waals surface area contributed by atoms with Crippen molar-refractivity contribution >= 4 is 16.4 Å². The lowest BCUT2D eigenvalue weighted by molar-refractivity contribution is 0.404. The summed E-state index contributed by atoms with van der Waals surface area (Å²) in [7, 11) is 0.0532. The van der Waals surface area contributed by atoms with E-state index in [-0.39, 0.29) is 0 Å². The second-order valence-electron chi connectivity index (χ2n) is 5.42. The molecule has 0 aliphatic heterocycles. The van der Waals surface area contributed by atoms with Gasteiger partial charge in [-0.25, -0.2) is 14.0 Å². The lowest BCUT2D eigenvalue weighted by Gasteiger charge is -2.13. The Morgan fingerprint density at radius 3 is 2.65 bits per heavy atom. The molecule has 130 valence electrons. The van der Waals surface area contributed by atoms with Gasteiger partial charge in [0.2, 0.25) is 0 Å². The fraction of sp³-hybridized carbons (Fsp3) is 0.0556. The first-order chi connectivity index (χ1) is 12.7. The highest BCUT2D eigenvalue weighted by Crippen LogP contribution is 2.36. The van der Waals surface area contributed by atoms with Crippen molar-refractivity contribution in [3.8, 4) is 16.9 Å². The van der Waals surface area contributed by atoms with Gasteiger partial charge < -0.3 is 4.74 Å². The number of nitrogens with zero attached hydrogens (tertiary/aromatic N) is 3. The van der Waals surface area contributed by atoms with Gasteiger partial charge in [-0.05, 0) is 18.2 Å². The van der Waals surface area contributed by atoms with Gasteiger partial charge in [0.15, 0.2) is 5.65 Å². The average molecular weight is 366 g/mol. The van der Waals surface area contributed by atoms with Crippen LogP contribution in [-0.4, -0.2) is 30.9 Å². The highest BCUT2D eigenvalue weighted by Gasteiger charge is 2.21. The van der Waals surface area contributed by atoms with E-state index in [0.29, 0.717) is 32.3 Å². The number of aromatic nitrogens is 4. The highest BCUT2D eigenvalue weighted by atomic mass is 32.2. The van der Waals surface area contributed by atoms with Gasteiger partial charge in [-0.15, -0.1) is 0 Å². The van der Waals surface area contributed by atoms with Crippen LogP contribution in [0.3, 0.4) is 0 Å². The number of rotatable bonds is 4. The molecule has 0 saturated carbocycles. The maximum Gasteiger partial charge on any atom is 0.349 e. The number of ether oxygens (including phenoxy) is 1. The number of fused-ring (bicyclic) bond motifs is 1. The lowest BCUT2D eigenvalue weighted by Crippen LogP contribution is -2.17. The zero-order chi connectivity index (χ0) is 18.1. The van der Waals surface area contributed by atoms with Gasteiger partial charge in [0.25, 0.3) is 0 Å². The van der Waals surface area contributed by atoms with Gasteiger partial charge in [-0.2, -0.15) is 9.61 Å². The maximum atomic E-state index is 13.3. The second kappa shape index (κ2) is 6.57. The Morgan fingerprint density at radius 1 is 1.08 bits per heavy atom. The largest absolute Gasteiger partial charge is 0.495 e. The molecule has 0 spiro atoms. The van der Waals surface area contributed by atoms with E-state index in [4.69, 9.17) is 4.74 Å². The van der Waals surface area contributed by atoms with Crippen LogP contribution in [-0.2, 0) is 10.8 Å². The van der Waals surface area contributed by atoms with Crippen LogP contribution in [0.5, 0.6) is 5.75 Å². The molecule has 0 aliphatic carbocycles. The molecule has 8 heteroatoms. The highest BCUT2D eigenvalue weighted by molar-refractivity contribution is 7.85. The molecular formula is C18H14N4O3S. The smallest absolute Gasteiger partial charge is 0.349 e. The molecule has 0 aliphatic rings. The minimum absolute atomic E-state index is 0.383. The molecule has 0 bridgehead atoms. The first-order valence-corrected chi connectivity index (χ1v) is 8.91. The van der Waals surface area contributed by atoms with Crippen molar-refractivity contribution in [3.05, 3.63) is 71.5 Å². The monoisotopic (exact) mass is 366 g/mol. The third-order valence-electron chi connectivity index (χ3n) is 3.94. The van der Waals surface area contributed by atoms with Crippen LogP contribution in [0.15, 0.2) is 75.6 Å². The number of hydrogen-bond acceptors (Lipinski definition) is 5. The molecule has 4 aromatic rings. The summed E-state index contributed by atoms with van der Waals surface area (Å²) in [4.78, 5) is 19.8. The summed E-state index contributed by atoms with van der Waals surface area (Å²) in [6, 6.07) is 14.5. The van der Waals surface area contributed by atoms with Crippen LogP contribution in [0.4, 0.5) is 0 Å². The van der Waals surface area contributed by atoms with E-state index in [1.54, 1.807) is 24.3 Å². The second-order valence-corrected chi connectivity index (χ2v) is 6.84. The van der Waals surface area contributed by atoms with Gasteiger partial charge in [0, 0.05) is 16.0 Å². The van der Waals surface area contributed by atoms with E-state index < -0.39 is 16.5 Å². The van der Waals surface area contributed by atoms with Gasteiger partial charge in [-0.1, -0.05) is 30.3 Å². The number of aromatic amines is 1. The third-order valence-corrected chi connectivity index (χ3v) is 5.43. The van der Waals surface area contributed by atoms with Crippen LogP contribution >= 0.6 is 0 Å². The van der Waals surface area contributed by atoms with Crippen LogP contribution in [0.1, 0.15) is 0 Å². The summed E-state index contributed by atoms with van der Waals surface area (Å²) in [6.45, 7) is 0. The minimum Gasteiger partial charge on any atom is -0.495 e. The van der Waals surface area contributed by atoms with E-state index in [2.05, 4.69) is 15.1 Å². The molecule has 7 nitrogen and oxygen atoms in total. The summed E-state index contributed by atoms with van der Waals surface area (Å²) in [5.74, 6) is 0.494. The third kappa shape index (κ3) is 2.60. The van der Waals surface area contributed by atoms with Crippen molar-refractivity contribution in [2.75, 3.05) is 7.11 Å². The van der Waals surface area contributed by atoms with E-state index in [1.807, 2.05) is 24.3 Å². The van der Waals surface area contributed by atoms with Crippen molar-refractivity contribution in [3.63, 3.8) is 0 Å². The summed E-state index contributed by atoms with van der Waals surface area (Å²) in [5, 5.41) is 4.09. The molecule has 2 aromatic heterocycles. The molecule has 2 aromatic carbocycles. The van der Waals surface area contributed by atoms with Crippen LogP contribution in [0.25, 0.3) is 16.8 Å². The Hall–Kier alpha value is -3.26. The van der Waals surface area contributed by atoms with Gasteiger partial charge >= 0.3 is 5.69 Å². The van der Waals surface area contributed by atoms with Crippen LogP contribution in [0, 0.1) is 0 Å². The Labute approximate surface area is 150 Å². The van der Waals surface area contributed by atoms with Crippen LogP contribution in [0.2, 0.25) is 0 Å². The molecule has 26 heavy (non-hydrogen) atoms. The fourth-order valence-electron chi connectivity index (χ4n) is 2.76. The predicted molar refractivity (Wildman–Crippen MR) is 96.7 cm³/mol. The Morgan fingerprint density at radius 2 is 1.88 bits per heavy atom. The van der Waals surface area contributed by atoms with E-state index >= 15 is 0 Å². The molecule has 0 fully saturated rings. The van der Waals surface area contributed by atoms with Crippen molar-refractivity contribution < 1.29 is 8.95 Å². The molecule has 1 N–H and O–H groups in total. The van der Waals surface area contributed by atoms with Gasteiger partial charge in [-0.3, -0.25) is 4.98 Å². The van der Waals surface area contributed by atoms with Gasteiger partial charge in [0.05, 0.1) is 35.3 Å². The summed E-state index contributed by atoms with van der Waals surface area (Å²) >= 11 is 0. The lowest BCUT2D eigenvalue weighted by atomic mass is 10.1. The summed E-state index contributed by atoms with van der Waals surface area (Å²) in [5.41, 5.74) is 1.25. The standard InChI is InChI=1S/C18H14N4O3S/c1-25-15-9-5-8-13(16(15)26(24)12-6-3-2-4-7-12)14-10-21-22-17(14)19-11-20-18(22)23/h2-11H,1H3,(H,19,20,23). The normalized spacial score (nSPS) is 12.2. The molecule has 0 saturated heterocycles. The van der Waals surface area contributed by atoms with Gasteiger partial charge in [0.1, 0.15) is 5.75 Å². The average Bonchev–Trinajstić information content (AvgIpc) is 3.13. The molecule has 1 atom stereocenters. The first-order valence-electron chi connectivity index (χ1n) is 7.76. The zero-order valence-electron chi connectivity index (χ0n) is 13.7. The van der Waals surface area contributed by atoms with E-state index in [9.17, 15) is 9.00 Å². The first kappa shape index (κ1) is 16.2. The molecule has 0 radical (unpaired) electrons. The number of nitrogens with one attached hydrogen (secondary N) is 1. The Kier molecular flexibility index (Phi) is 4.10. The molecule has 4 rings (SSSR count). The summed E-state index contributed by atoms with van der Waals surface area (Å²) < 4.78 is 19.9. The molecule has 0 amide bonds. The van der Waals surface area contributed by atoms with Crippen molar-refractivity contribution in [2.24, 2.45) is 0 Å². The zero-order valence-corrected chi connectivity index (χ0v) is 14.6. The SMILES string of the molecule is COc1cccc(-c2cnn3c(=O)[nH]cnc23)c1S(=O)c1ccccc1. The summed E-state index contributed by atoms with van der Waals surface area (Å²) in [6.07, 6.45) is 2.86. The Balaban J connectivity index is 1.99. The molecule has 1 unspecified atom stereocenters. The number of benzene rings is 2. The van der Waals surface area contributed by atoms with Crippen LogP contribution < -0.4 is 10.4 Å².